The Bertz CT molecular complexity index is 473. The van der Waals surface area contributed by atoms with Crippen LogP contribution < -0.4 is 15.4 Å². The van der Waals surface area contributed by atoms with E-state index in [1.165, 1.54) is 0 Å². The van der Waals surface area contributed by atoms with E-state index in [4.69, 9.17) is 9.47 Å². The molecule has 1 amide bonds. The molecule has 5 heteroatoms. The molecule has 0 saturated heterocycles. The molecule has 0 saturated carbocycles. The number of methoxy groups -OCH3 is 1. The number of aryl methyl sites for hydroxylation is 1. The van der Waals surface area contributed by atoms with Crippen molar-refractivity contribution in [1.29, 1.82) is 0 Å². The lowest BCUT2D eigenvalue weighted by atomic mass is 10.0. The van der Waals surface area contributed by atoms with Crippen molar-refractivity contribution in [3.8, 4) is 5.75 Å². The molecule has 0 aromatic heterocycles. The van der Waals surface area contributed by atoms with Crippen molar-refractivity contribution in [2.75, 3.05) is 32.2 Å². The van der Waals surface area contributed by atoms with Crippen LogP contribution in [0.15, 0.2) is 18.2 Å². The summed E-state index contributed by atoms with van der Waals surface area (Å²) in [7, 11) is 1.63. The van der Waals surface area contributed by atoms with Gasteiger partial charge in [0.2, 0.25) is 5.91 Å². The van der Waals surface area contributed by atoms with Crippen LogP contribution in [0.4, 0.5) is 5.69 Å². The fourth-order valence-corrected chi connectivity index (χ4v) is 1.89. The Morgan fingerprint density at radius 3 is 2.62 bits per heavy atom. The van der Waals surface area contributed by atoms with Crippen molar-refractivity contribution < 1.29 is 14.3 Å². The number of likely N-dealkylation sites (N-methyl/N-ethyl adjacent to an activating group) is 1. The van der Waals surface area contributed by atoms with Crippen LogP contribution in [0, 0.1) is 6.92 Å². The summed E-state index contributed by atoms with van der Waals surface area (Å²) in [5.74, 6) is 0.567. The molecule has 0 aliphatic rings. The van der Waals surface area contributed by atoms with E-state index in [0.29, 0.717) is 24.7 Å². The van der Waals surface area contributed by atoms with E-state index >= 15 is 0 Å². The molecule has 0 bridgehead atoms. The molecule has 1 aromatic rings. The maximum absolute atomic E-state index is 12.3. The predicted octanol–water partition coefficient (Wildman–Crippen LogP) is 2.35. The van der Waals surface area contributed by atoms with Gasteiger partial charge in [-0.25, -0.2) is 0 Å². The summed E-state index contributed by atoms with van der Waals surface area (Å²) in [6.45, 7) is 9.34. The minimum absolute atomic E-state index is 0.0928. The molecule has 0 radical (unpaired) electrons. The van der Waals surface area contributed by atoms with Gasteiger partial charge in [-0.2, -0.15) is 0 Å². The van der Waals surface area contributed by atoms with E-state index in [9.17, 15) is 4.79 Å². The van der Waals surface area contributed by atoms with Gasteiger partial charge in [0.25, 0.3) is 0 Å². The zero-order chi connectivity index (χ0) is 15.9. The summed E-state index contributed by atoms with van der Waals surface area (Å²) in [4.78, 5) is 12.3. The quantitative estimate of drug-likeness (QED) is 0.723. The van der Waals surface area contributed by atoms with Crippen LogP contribution >= 0.6 is 0 Å². The number of amides is 1. The number of rotatable bonds is 8. The second-order valence-corrected chi connectivity index (χ2v) is 5.45. The van der Waals surface area contributed by atoms with Crippen molar-refractivity contribution in [2.45, 2.75) is 33.2 Å². The van der Waals surface area contributed by atoms with Crippen molar-refractivity contribution in [2.24, 2.45) is 0 Å². The number of benzene rings is 1. The van der Waals surface area contributed by atoms with E-state index in [0.717, 1.165) is 12.1 Å². The van der Waals surface area contributed by atoms with Gasteiger partial charge >= 0.3 is 0 Å². The number of carbonyl (C=O) groups is 1. The smallest absolute Gasteiger partial charge is 0.244 e. The van der Waals surface area contributed by atoms with Gasteiger partial charge in [0, 0.05) is 7.11 Å². The summed E-state index contributed by atoms with van der Waals surface area (Å²) in [5.41, 5.74) is 1.11. The van der Waals surface area contributed by atoms with Crippen LogP contribution in [0.5, 0.6) is 5.75 Å². The largest absolute Gasteiger partial charge is 0.489 e. The first-order valence-corrected chi connectivity index (χ1v) is 7.19. The molecule has 21 heavy (non-hydrogen) atoms. The fourth-order valence-electron chi connectivity index (χ4n) is 1.89. The topological polar surface area (TPSA) is 59.6 Å². The molecule has 0 atom stereocenters. The molecule has 1 aromatic carbocycles. The highest BCUT2D eigenvalue weighted by Gasteiger charge is 2.26. The summed E-state index contributed by atoms with van der Waals surface area (Å²) >= 11 is 0. The number of anilines is 1. The molecule has 118 valence electrons. The molecule has 5 nitrogen and oxygen atoms in total. The van der Waals surface area contributed by atoms with Crippen LogP contribution in [0.25, 0.3) is 0 Å². The highest BCUT2D eigenvalue weighted by atomic mass is 16.5. The van der Waals surface area contributed by atoms with Crippen LogP contribution in [-0.4, -0.2) is 38.3 Å². The minimum atomic E-state index is -0.635. The molecule has 0 aliphatic carbocycles. The first kappa shape index (κ1) is 17.5. The van der Waals surface area contributed by atoms with E-state index in [1.54, 1.807) is 7.11 Å². The van der Waals surface area contributed by atoms with Gasteiger partial charge in [0.05, 0.1) is 17.8 Å². The van der Waals surface area contributed by atoms with E-state index in [1.807, 2.05) is 45.9 Å². The fraction of sp³-hybridized carbons (Fsp3) is 0.562. The third-order valence-electron chi connectivity index (χ3n) is 3.12. The molecule has 0 aliphatic heterocycles. The van der Waals surface area contributed by atoms with Gasteiger partial charge in [0.15, 0.2) is 0 Å². The molecule has 0 heterocycles. The van der Waals surface area contributed by atoms with Gasteiger partial charge in [-0.15, -0.1) is 0 Å². The lowest BCUT2D eigenvalue weighted by Gasteiger charge is -2.25. The van der Waals surface area contributed by atoms with E-state index < -0.39 is 5.54 Å². The third kappa shape index (κ3) is 5.36. The van der Waals surface area contributed by atoms with Gasteiger partial charge in [-0.3, -0.25) is 4.79 Å². The average molecular weight is 294 g/mol. The number of ether oxygens (including phenoxy) is 2. The Hall–Kier alpha value is -1.59. The zero-order valence-electron chi connectivity index (χ0n) is 13.6. The Morgan fingerprint density at radius 1 is 1.29 bits per heavy atom. The van der Waals surface area contributed by atoms with Crippen LogP contribution in [0.2, 0.25) is 0 Å². The van der Waals surface area contributed by atoms with Crippen LogP contribution in [0.3, 0.4) is 0 Å². The standard InChI is InChI=1S/C16H26N2O3/c1-6-17-16(3,4)15(19)18-13-8-7-12(2)11-14(13)21-10-9-20-5/h7-8,11,17H,6,9-10H2,1-5H3,(H,18,19). The number of hydrogen-bond donors (Lipinski definition) is 2. The molecular formula is C16H26N2O3. The summed E-state index contributed by atoms with van der Waals surface area (Å²) < 4.78 is 10.7. The van der Waals surface area contributed by atoms with Gasteiger partial charge < -0.3 is 20.1 Å². The monoisotopic (exact) mass is 294 g/mol. The Kier molecular flexibility index (Phi) is 6.65. The maximum Gasteiger partial charge on any atom is 0.244 e. The van der Waals surface area contributed by atoms with Crippen molar-refractivity contribution in [3.63, 3.8) is 0 Å². The Morgan fingerprint density at radius 2 is 2.00 bits per heavy atom. The summed E-state index contributed by atoms with van der Waals surface area (Å²) in [6.07, 6.45) is 0. The minimum Gasteiger partial charge on any atom is -0.489 e. The lowest BCUT2D eigenvalue weighted by molar-refractivity contribution is -0.121. The molecule has 0 spiro atoms. The first-order valence-electron chi connectivity index (χ1n) is 7.19. The SMILES string of the molecule is CCNC(C)(C)C(=O)Nc1ccc(C)cc1OCCOC. The van der Waals surface area contributed by atoms with E-state index in [-0.39, 0.29) is 5.91 Å². The Labute approximate surface area is 127 Å². The Balaban J connectivity index is 2.84. The highest BCUT2D eigenvalue weighted by Crippen LogP contribution is 2.26. The van der Waals surface area contributed by atoms with Crippen molar-refractivity contribution in [1.82, 2.24) is 5.32 Å². The average Bonchev–Trinajstić information content (AvgIpc) is 2.41. The van der Waals surface area contributed by atoms with Gasteiger partial charge in [-0.1, -0.05) is 13.0 Å². The molecule has 0 unspecified atom stereocenters. The molecular weight excluding hydrogens is 268 g/mol. The summed E-state index contributed by atoms with van der Waals surface area (Å²) in [6, 6.07) is 5.71. The number of carbonyl (C=O) groups excluding carboxylic acids is 1. The number of hydrogen-bond acceptors (Lipinski definition) is 4. The van der Waals surface area contributed by atoms with Crippen molar-refractivity contribution >= 4 is 11.6 Å². The number of nitrogens with one attached hydrogen (secondary N) is 2. The highest BCUT2D eigenvalue weighted by molar-refractivity contribution is 5.98. The molecule has 0 fully saturated rings. The molecule has 1 rings (SSSR count). The third-order valence-corrected chi connectivity index (χ3v) is 3.12. The zero-order valence-corrected chi connectivity index (χ0v) is 13.6. The van der Waals surface area contributed by atoms with Gasteiger partial charge in [0.1, 0.15) is 12.4 Å². The summed E-state index contributed by atoms with van der Waals surface area (Å²) in [5, 5.41) is 6.07. The van der Waals surface area contributed by atoms with Crippen LogP contribution in [-0.2, 0) is 9.53 Å². The van der Waals surface area contributed by atoms with Crippen LogP contribution in [0.1, 0.15) is 26.3 Å². The second-order valence-electron chi connectivity index (χ2n) is 5.45. The second kappa shape index (κ2) is 8.00. The lowest BCUT2D eigenvalue weighted by Crippen LogP contribution is -2.49. The van der Waals surface area contributed by atoms with Gasteiger partial charge in [-0.05, 0) is 45.0 Å². The molecule has 2 N–H and O–H groups in total. The first-order chi connectivity index (χ1) is 9.90. The normalized spacial score (nSPS) is 11.3. The maximum atomic E-state index is 12.3. The van der Waals surface area contributed by atoms with Crippen molar-refractivity contribution in [3.05, 3.63) is 23.8 Å². The predicted molar refractivity (Wildman–Crippen MR) is 84.9 cm³/mol. The van der Waals surface area contributed by atoms with E-state index in [2.05, 4.69) is 10.6 Å².